The molecular formula is C32H34N2O2. The number of fused-ring (bicyclic) bond motifs is 3. The molecule has 0 bridgehead atoms. The lowest BCUT2D eigenvalue weighted by Gasteiger charge is -2.47. The molecule has 4 nitrogen and oxygen atoms in total. The van der Waals surface area contributed by atoms with Gasteiger partial charge in [0, 0.05) is 42.1 Å². The second kappa shape index (κ2) is 7.42. The Morgan fingerprint density at radius 2 is 1.47 bits per heavy atom. The number of ether oxygens (including phenoxy) is 2. The summed E-state index contributed by atoms with van der Waals surface area (Å²) in [6.07, 6.45) is 4.68. The van der Waals surface area contributed by atoms with E-state index in [0.29, 0.717) is 0 Å². The number of para-hydroxylation sites is 3. The first-order valence-corrected chi connectivity index (χ1v) is 12.6. The highest BCUT2D eigenvalue weighted by Crippen LogP contribution is 2.57. The van der Waals surface area contributed by atoms with Crippen molar-refractivity contribution in [3.05, 3.63) is 101 Å². The summed E-state index contributed by atoms with van der Waals surface area (Å²) in [4.78, 5) is 4.62. The Labute approximate surface area is 214 Å². The first kappa shape index (κ1) is 22.8. The molecule has 0 radical (unpaired) electrons. The Balaban J connectivity index is 1.61. The molecular weight excluding hydrogens is 444 g/mol. The van der Waals surface area contributed by atoms with Gasteiger partial charge in [0.05, 0.1) is 12.5 Å². The Kier molecular flexibility index (Phi) is 4.70. The van der Waals surface area contributed by atoms with Crippen molar-refractivity contribution in [1.29, 1.82) is 0 Å². The predicted octanol–water partition coefficient (Wildman–Crippen LogP) is 6.91. The summed E-state index contributed by atoms with van der Waals surface area (Å²) in [7, 11) is 6.02. The maximum atomic E-state index is 7.03. The van der Waals surface area contributed by atoms with Crippen molar-refractivity contribution >= 4 is 16.9 Å². The molecule has 0 aromatic heterocycles. The van der Waals surface area contributed by atoms with Gasteiger partial charge in [0.1, 0.15) is 0 Å². The van der Waals surface area contributed by atoms with Gasteiger partial charge in [0.15, 0.2) is 11.5 Å². The number of allylic oxidation sites excluding steroid dienone is 3. The zero-order valence-corrected chi connectivity index (χ0v) is 22.2. The second-order valence-electron chi connectivity index (χ2n) is 11.2. The van der Waals surface area contributed by atoms with Crippen LogP contribution in [0, 0.1) is 0 Å². The SMILES string of the molecule is COc1cccc2c1O[C@]1(C=C2/C=C2/N(C)c3ccccc3C2(C)C)N(C)c2ccccc2C1(C)C. The molecule has 3 aromatic rings. The molecule has 6 rings (SSSR count). The predicted molar refractivity (Wildman–Crippen MR) is 148 cm³/mol. The molecule has 3 heterocycles. The molecule has 1 spiro atoms. The monoisotopic (exact) mass is 478 g/mol. The number of rotatable bonds is 2. The third-order valence-corrected chi connectivity index (χ3v) is 8.68. The van der Waals surface area contributed by atoms with Crippen LogP contribution in [0.5, 0.6) is 11.5 Å². The zero-order chi connectivity index (χ0) is 25.5. The average Bonchev–Trinajstić information content (AvgIpc) is 3.17. The van der Waals surface area contributed by atoms with Gasteiger partial charge in [-0.15, -0.1) is 0 Å². The Hall–Kier alpha value is -3.66. The van der Waals surface area contributed by atoms with Crippen molar-refractivity contribution in [3.8, 4) is 11.5 Å². The number of likely N-dealkylation sites (N-methyl/N-ethyl adjacent to an activating group) is 2. The van der Waals surface area contributed by atoms with E-state index in [1.807, 2.05) is 12.1 Å². The molecule has 1 atom stereocenters. The molecule has 4 heteroatoms. The van der Waals surface area contributed by atoms with E-state index in [1.54, 1.807) is 7.11 Å². The van der Waals surface area contributed by atoms with Crippen molar-refractivity contribution < 1.29 is 9.47 Å². The molecule has 0 aliphatic carbocycles. The van der Waals surface area contributed by atoms with Crippen LogP contribution >= 0.6 is 0 Å². The fraction of sp³-hybridized carbons (Fsp3) is 0.312. The Morgan fingerprint density at radius 1 is 0.806 bits per heavy atom. The molecule has 36 heavy (non-hydrogen) atoms. The molecule has 3 aliphatic heterocycles. The van der Waals surface area contributed by atoms with E-state index >= 15 is 0 Å². The van der Waals surface area contributed by atoms with Crippen LogP contribution in [0.4, 0.5) is 11.4 Å². The number of nitrogens with zero attached hydrogens (tertiary/aromatic N) is 2. The topological polar surface area (TPSA) is 24.9 Å². The lowest BCUT2D eigenvalue weighted by atomic mass is 9.75. The van der Waals surface area contributed by atoms with Gasteiger partial charge < -0.3 is 19.3 Å². The van der Waals surface area contributed by atoms with E-state index in [1.165, 1.54) is 28.2 Å². The lowest BCUT2D eigenvalue weighted by molar-refractivity contribution is 0.0546. The van der Waals surface area contributed by atoms with Crippen LogP contribution < -0.4 is 19.3 Å². The third kappa shape index (κ3) is 2.76. The molecule has 0 unspecified atom stereocenters. The number of methoxy groups -OCH3 is 1. The molecule has 0 saturated carbocycles. The van der Waals surface area contributed by atoms with E-state index in [9.17, 15) is 0 Å². The minimum atomic E-state index is -0.709. The van der Waals surface area contributed by atoms with Gasteiger partial charge in [-0.3, -0.25) is 0 Å². The van der Waals surface area contributed by atoms with E-state index in [-0.39, 0.29) is 10.8 Å². The van der Waals surface area contributed by atoms with Crippen LogP contribution in [-0.4, -0.2) is 26.9 Å². The standard InChI is InChI=1S/C32H34N2O2/c1-30(2)23-14-8-10-16-25(23)33(5)28(30)19-21-20-32(36-29-22(21)13-12-18-27(29)35-7)31(3,4)24-15-9-11-17-26(24)34(32)6/h8-20H,1-7H3/b28-19+/t32-/m0/s1. The first-order valence-electron chi connectivity index (χ1n) is 12.6. The van der Waals surface area contributed by atoms with Crippen molar-refractivity contribution in [2.45, 2.75) is 44.2 Å². The summed E-state index contributed by atoms with van der Waals surface area (Å²) < 4.78 is 12.9. The summed E-state index contributed by atoms with van der Waals surface area (Å²) in [5.41, 5.74) is 7.38. The van der Waals surface area contributed by atoms with Crippen LogP contribution in [0.1, 0.15) is 44.4 Å². The molecule has 3 aromatic carbocycles. The minimum absolute atomic E-state index is 0.128. The first-order chi connectivity index (χ1) is 17.1. The average molecular weight is 479 g/mol. The lowest BCUT2D eigenvalue weighted by Crippen LogP contribution is -2.58. The fourth-order valence-electron chi connectivity index (χ4n) is 6.57. The molecule has 0 saturated heterocycles. The van der Waals surface area contributed by atoms with Crippen LogP contribution in [0.15, 0.2) is 84.6 Å². The number of hydrogen-bond donors (Lipinski definition) is 0. The highest BCUT2D eigenvalue weighted by atomic mass is 16.5. The zero-order valence-electron chi connectivity index (χ0n) is 22.2. The van der Waals surface area contributed by atoms with E-state index in [2.05, 4.69) is 118 Å². The third-order valence-electron chi connectivity index (χ3n) is 8.68. The summed E-state index contributed by atoms with van der Waals surface area (Å²) in [5, 5.41) is 0. The maximum absolute atomic E-state index is 7.03. The van der Waals surface area contributed by atoms with E-state index in [0.717, 1.165) is 22.6 Å². The van der Waals surface area contributed by atoms with Gasteiger partial charge >= 0.3 is 0 Å². The number of benzene rings is 3. The molecule has 0 fully saturated rings. The van der Waals surface area contributed by atoms with Crippen molar-refractivity contribution in [1.82, 2.24) is 0 Å². The Bertz CT molecular complexity index is 1450. The molecule has 0 N–H and O–H groups in total. The summed E-state index contributed by atoms with van der Waals surface area (Å²) in [6, 6.07) is 23.5. The maximum Gasteiger partial charge on any atom is 0.212 e. The highest BCUT2D eigenvalue weighted by molar-refractivity contribution is 5.87. The molecule has 0 amide bonds. The fourth-order valence-corrected chi connectivity index (χ4v) is 6.57. The highest BCUT2D eigenvalue weighted by Gasteiger charge is 2.58. The van der Waals surface area contributed by atoms with Gasteiger partial charge in [-0.2, -0.15) is 0 Å². The summed E-state index contributed by atoms with van der Waals surface area (Å²) in [5.74, 6) is 1.54. The van der Waals surface area contributed by atoms with Gasteiger partial charge in [-0.25, -0.2) is 0 Å². The molecule has 184 valence electrons. The minimum Gasteiger partial charge on any atom is -0.493 e. The normalized spacial score (nSPS) is 23.8. The summed E-state index contributed by atoms with van der Waals surface area (Å²) in [6.45, 7) is 9.17. The summed E-state index contributed by atoms with van der Waals surface area (Å²) >= 11 is 0. The van der Waals surface area contributed by atoms with E-state index < -0.39 is 5.72 Å². The van der Waals surface area contributed by atoms with Crippen molar-refractivity contribution in [2.75, 3.05) is 31.0 Å². The molecule has 3 aliphatic rings. The van der Waals surface area contributed by atoms with Crippen molar-refractivity contribution in [2.24, 2.45) is 0 Å². The second-order valence-corrected chi connectivity index (χ2v) is 11.2. The van der Waals surface area contributed by atoms with Crippen LogP contribution in [0.2, 0.25) is 0 Å². The van der Waals surface area contributed by atoms with Crippen LogP contribution in [0.25, 0.3) is 5.57 Å². The van der Waals surface area contributed by atoms with Gasteiger partial charge in [0.2, 0.25) is 5.72 Å². The largest absolute Gasteiger partial charge is 0.493 e. The van der Waals surface area contributed by atoms with Crippen LogP contribution in [0.3, 0.4) is 0 Å². The van der Waals surface area contributed by atoms with Gasteiger partial charge in [-0.1, -0.05) is 62.4 Å². The van der Waals surface area contributed by atoms with Crippen LogP contribution in [-0.2, 0) is 10.8 Å². The Morgan fingerprint density at radius 3 is 2.14 bits per heavy atom. The van der Waals surface area contributed by atoms with E-state index in [4.69, 9.17) is 9.47 Å². The van der Waals surface area contributed by atoms with Crippen molar-refractivity contribution in [3.63, 3.8) is 0 Å². The van der Waals surface area contributed by atoms with Gasteiger partial charge in [-0.05, 0) is 60.9 Å². The number of hydrogen-bond acceptors (Lipinski definition) is 4. The van der Waals surface area contributed by atoms with Gasteiger partial charge in [0.25, 0.3) is 0 Å². The smallest absolute Gasteiger partial charge is 0.212 e. The quantitative estimate of drug-likeness (QED) is 0.400. The number of anilines is 2.